The van der Waals surface area contributed by atoms with Gasteiger partial charge in [0.05, 0.1) is 12.5 Å². The van der Waals surface area contributed by atoms with Gasteiger partial charge in [-0.3, -0.25) is 0 Å². The molecule has 1 aliphatic heterocycles. The molecule has 1 aromatic heterocycles. The van der Waals surface area contributed by atoms with Gasteiger partial charge in [0.1, 0.15) is 18.0 Å². The van der Waals surface area contributed by atoms with Gasteiger partial charge in [0.2, 0.25) is 0 Å². The molecule has 0 aliphatic carbocycles. The summed E-state index contributed by atoms with van der Waals surface area (Å²) >= 11 is 0. The summed E-state index contributed by atoms with van der Waals surface area (Å²) in [5.41, 5.74) is 2.14. The lowest BCUT2D eigenvalue weighted by Crippen LogP contribution is -2.06. The van der Waals surface area contributed by atoms with Gasteiger partial charge in [-0.25, -0.2) is 4.99 Å². The molecule has 24 heavy (non-hydrogen) atoms. The van der Waals surface area contributed by atoms with E-state index in [-0.39, 0.29) is 12.2 Å². The van der Waals surface area contributed by atoms with Gasteiger partial charge in [-0.1, -0.05) is 60.7 Å². The molecule has 1 fully saturated rings. The fourth-order valence-corrected chi connectivity index (χ4v) is 2.79. The van der Waals surface area contributed by atoms with Gasteiger partial charge in [0.15, 0.2) is 0 Å². The SMILES string of the molecule is C(=N\C1O[C@H](c2ccccc2)[C@@H](c2ccccc2)O1)/c1ccco1. The zero-order chi connectivity index (χ0) is 16.2. The van der Waals surface area contributed by atoms with Gasteiger partial charge >= 0.3 is 0 Å². The molecule has 120 valence electrons. The molecule has 1 aliphatic rings. The van der Waals surface area contributed by atoms with Crippen molar-refractivity contribution >= 4 is 6.21 Å². The van der Waals surface area contributed by atoms with Crippen LogP contribution in [0.2, 0.25) is 0 Å². The Morgan fingerprint density at radius 2 is 1.29 bits per heavy atom. The van der Waals surface area contributed by atoms with Crippen molar-refractivity contribution in [2.75, 3.05) is 0 Å². The lowest BCUT2D eigenvalue weighted by Gasteiger charge is -2.17. The Hall–Kier alpha value is -2.69. The molecule has 0 spiro atoms. The zero-order valence-corrected chi connectivity index (χ0v) is 13.0. The van der Waals surface area contributed by atoms with Crippen LogP contribution < -0.4 is 0 Å². The minimum Gasteiger partial charge on any atom is -0.463 e. The molecule has 1 saturated heterocycles. The second-order valence-corrected chi connectivity index (χ2v) is 5.54. The molecular weight excluding hydrogens is 302 g/mol. The maximum atomic E-state index is 6.05. The van der Waals surface area contributed by atoms with Crippen LogP contribution in [-0.4, -0.2) is 12.6 Å². The van der Waals surface area contributed by atoms with Gasteiger partial charge in [0.25, 0.3) is 6.41 Å². The number of rotatable bonds is 4. The Labute approximate surface area is 140 Å². The zero-order valence-electron chi connectivity index (χ0n) is 13.0. The van der Waals surface area contributed by atoms with Crippen LogP contribution in [-0.2, 0) is 9.47 Å². The van der Waals surface area contributed by atoms with Crippen molar-refractivity contribution in [3.8, 4) is 0 Å². The lowest BCUT2D eigenvalue weighted by atomic mass is 9.99. The topological polar surface area (TPSA) is 44.0 Å². The first kappa shape index (κ1) is 14.9. The summed E-state index contributed by atoms with van der Waals surface area (Å²) in [5.74, 6) is 0.668. The average Bonchev–Trinajstić information content (AvgIpc) is 3.31. The number of nitrogens with zero attached hydrogens (tertiary/aromatic N) is 1. The molecule has 0 unspecified atom stereocenters. The van der Waals surface area contributed by atoms with Crippen LogP contribution in [0.3, 0.4) is 0 Å². The molecule has 0 amide bonds. The Balaban J connectivity index is 1.60. The quantitative estimate of drug-likeness (QED) is 0.665. The van der Waals surface area contributed by atoms with Gasteiger partial charge in [-0.2, -0.15) is 0 Å². The highest BCUT2D eigenvalue weighted by molar-refractivity contribution is 5.75. The number of benzene rings is 2. The van der Waals surface area contributed by atoms with Crippen molar-refractivity contribution in [3.05, 3.63) is 95.9 Å². The summed E-state index contributed by atoms with van der Waals surface area (Å²) < 4.78 is 17.4. The summed E-state index contributed by atoms with van der Waals surface area (Å²) in [6.45, 7) is 0. The minimum absolute atomic E-state index is 0.202. The molecule has 0 bridgehead atoms. The van der Waals surface area contributed by atoms with E-state index in [0.29, 0.717) is 5.76 Å². The van der Waals surface area contributed by atoms with E-state index in [1.165, 1.54) is 0 Å². The molecule has 3 aromatic rings. The summed E-state index contributed by atoms with van der Waals surface area (Å²) in [6, 6.07) is 23.8. The number of furan rings is 1. The van der Waals surface area contributed by atoms with Crippen molar-refractivity contribution in [2.24, 2.45) is 4.99 Å². The first-order valence-corrected chi connectivity index (χ1v) is 7.88. The predicted octanol–water partition coefficient (Wildman–Crippen LogP) is 4.51. The molecule has 0 radical (unpaired) electrons. The maximum Gasteiger partial charge on any atom is 0.259 e. The monoisotopic (exact) mass is 319 g/mol. The largest absolute Gasteiger partial charge is 0.463 e. The highest BCUT2D eigenvalue weighted by Gasteiger charge is 2.37. The number of ether oxygens (including phenoxy) is 2. The summed E-state index contributed by atoms with van der Waals surface area (Å²) in [4.78, 5) is 4.35. The molecule has 4 nitrogen and oxygen atoms in total. The Kier molecular flexibility index (Phi) is 4.23. The van der Waals surface area contributed by atoms with E-state index < -0.39 is 6.41 Å². The van der Waals surface area contributed by atoms with Crippen molar-refractivity contribution in [1.82, 2.24) is 0 Å². The van der Waals surface area contributed by atoms with Crippen molar-refractivity contribution in [2.45, 2.75) is 18.6 Å². The summed E-state index contributed by atoms with van der Waals surface area (Å²) in [7, 11) is 0. The smallest absolute Gasteiger partial charge is 0.259 e. The third-order valence-electron chi connectivity index (χ3n) is 3.92. The molecule has 4 heteroatoms. The van der Waals surface area contributed by atoms with Gasteiger partial charge in [-0.05, 0) is 23.3 Å². The lowest BCUT2D eigenvalue weighted by molar-refractivity contribution is -0.0585. The molecule has 0 saturated carbocycles. The number of hydrogen-bond acceptors (Lipinski definition) is 4. The molecule has 2 aromatic carbocycles. The van der Waals surface area contributed by atoms with Crippen LogP contribution in [0.1, 0.15) is 29.1 Å². The van der Waals surface area contributed by atoms with E-state index >= 15 is 0 Å². The number of hydrogen-bond donors (Lipinski definition) is 0. The summed E-state index contributed by atoms with van der Waals surface area (Å²) in [6.07, 6.45) is 2.17. The Morgan fingerprint density at radius 3 is 1.79 bits per heavy atom. The standard InChI is InChI=1S/C20H17NO3/c1-3-8-15(9-4-1)18-19(16-10-5-2-6-11-16)24-20(23-18)21-14-17-12-7-13-22-17/h1-14,18-20H/b21-14+/t18-,19-/m1/s1. The van der Waals surface area contributed by atoms with E-state index in [1.807, 2.05) is 72.8 Å². The van der Waals surface area contributed by atoms with Gasteiger partial charge in [0, 0.05) is 0 Å². The predicted molar refractivity (Wildman–Crippen MR) is 90.6 cm³/mol. The third-order valence-corrected chi connectivity index (χ3v) is 3.92. The maximum absolute atomic E-state index is 6.05. The van der Waals surface area contributed by atoms with Crippen molar-refractivity contribution in [3.63, 3.8) is 0 Å². The first-order valence-electron chi connectivity index (χ1n) is 7.88. The van der Waals surface area contributed by atoms with E-state index in [9.17, 15) is 0 Å². The van der Waals surface area contributed by atoms with Crippen LogP contribution in [0, 0.1) is 0 Å². The van der Waals surface area contributed by atoms with Crippen LogP contribution in [0.4, 0.5) is 0 Å². The molecule has 2 heterocycles. The minimum atomic E-state index is -0.662. The molecule has 2 atom stereocenters. The van der Waals surface area contributed by atoms with E-state index in [4.69, 9.17) is 13.9 Å². The Bertz CT molecular complexity index is 737. The average molecular weight is 319 g/mol. The molecular formula is C20H17NO3. The second-order valence-electron chi connectivity index (χ2n) is 5.54. The van der Waals surface area contributed by atoms with Crippen LogP contribution in [0.15, 0.2) is 88.5 Å². The highest BCUT2D eigenvalue weighted by Crippen LogP contribution is 2.42. The third kappa shape index (κ3) is 3.15. The van der Waals surface area contributed by atoms with Gasteiger partial charge < -0.3 is 13.9 Å². The number of aliphatic imine (C=N–C) groups is 1. The van der Waals surface area contributed by atoms with Gasteiger partial charge in [-0.15, -0.1) is 0 Å². The summed E-state index contributed by atoms with van der Waals surface area (Å²) in [5, 5.41) is 0. The van der Waals surface area contributed by atoms with Crippen LogP contribution in [0.5, 0.6) is 0 Å². The van der Waals surface area contributed by atoms with Crippen molar-refractivity contribution < 1.29 is 13.9 Å². The molecule has 0 N–H and O–H groups in total. The van der Waals surface area contributed by atoms with E-state index in [1.54, 1.807) is 12.5 Å². The fraction of sp³-hybridized carbons (Fsp3) is 0.150. The van der Waals surface area contributed by atoms with E-state index in [2.05, 4.69) is 4.99 Å². The van der Waals surface area contributed by atoms with Crippen LogP contribution >= 0.6 is 0 Å². The van der Waals surface area contributed by atoms with Crippen molar-refractivity contribution in [1.29, 1.82) is 0 Å². The molecule has 4 rings (SSSR count). The Morgan fingerprint density at radius 1 is 0.708 bits per heavy atom. The second kappa shape index (κ2) is 6.83. The first-order chi connectivity index (χ1) is 11.9. The van der Waals surface area contributed by atoms with Crippen LogP contribution in [0.25, 0.3) is 0 Å². The van der Waals surface area contributed by atoms with E-state index in [0.717, 1.165) is 11.1 Å². The fourth-order valence-electron chi connectivity index (χ4n) is 2.79. The normalized spacial score (nSPS) is 21.5. The highest BCUT2D eigenvalue weighted by atomic mass is 16.7.